The second-order valence-corrected chi connectivity index (χ2v) is 3.90. The maximum Gasteiger partial charge on any atom is 0.246 e. The molecule has 5 nitrogen and oxygen atoms in total. The predicted molar refractivity (Wildman–Crippen MR) is 59.1 cm³/mol. The number of ether oxygens (including phenoxy) is 2. The van der Waals surface area contributed by atoms with E-state index in [2.05, 4.69) is 10.6 Å². The van der Waals surface area contributed by atoms with Gasteiger partial charge in [0, 0.05) is 12.1 Å². The Hall–Kier alpha value is -1.91. The predicted octanol–water partition coefficient (Wildman–Crippen LogP) is 1.21. The van der Waals surface area contributed by atoms with Crippen LogP contribution in [0, 0.1) is 0 Å². The van der Waals surface area contributed by atoms with Gasteiger partial charge in [-0.05, 0) is 6.92 Å². The standard InChI is InChI=1S/C11H12N2O3/c1-6-11(14)13-8-5-10-9(4-7(8)12-6)15-2-3-16-10/h4-6,12H,2-3H2,1H3,(H,13,14). The molecule has 0 spiro atoms. The topological polar surface area (TPSA) is 59.6 Å². The third-order valence-electron chi connectivity index (χ3n) is 2.71. The van der Waals surface area contributed by atoms with Crippen LogP contribution in [0.4, 0.5) is 11.4 Å². The number of carbonyl (C=O) groups excluding carboxylic acids is 1. The van der Waals surface area contributed by atoms with Crippen LogP contribution in [0.15, 0.2) is 12.1 Å². The number of hydrogen-bond donors (Lipinski definition) is 2. The van der Waals surface area contributed by atoms with Gasteiger partial charge < -0.3 is 20.1 Å². The van der Waals surface area contributed by atoms with E-state index in [9.17, 15) is 4.79 Å². The average molecular weight is 220 g/mol. The lowest BCUT2D eigenvalue weighted by Gasteiger charge is -2.27. The summed E-state index contributed by atoms with van der Waals surface area (Å²) in [5, 5.41) is 5.93. The van der Waals surface area contributed by atoms with Crippen molar-refractivity contribution in [2.45, 2.75) is 13.0 Å². The third kappa shape index (κ3) is 1.36. The Kier molecular flexibility index (Phi) is 1.92. The molecular formula is C11H12N2O3. The summed E-state index contributed by atoms with van der Waals surface area (Å²) in [6, 6.07) is 3.43. The molecule has 1 atom stereocenters. The van der Waals surface area contributed by atoms with Gasteiger partial charge in [-0.15, -0.1) is 0 Å². The lowest BCUT2D eigenvalue weighted by molar-refractivity contribution is -0.116. The molecule has 0 bridgehead atoms. The summed E-state index contributed by atoms with van der Waals surface area (Å²) in [7, 11) is 0. The number of benzene rings is 1. The van der Waals surface area contributed by atoms with Crippen molar-refractivity contribution in [3.63, 3.8) is 0 Å². The molecule has 1 aromatic rings. The molecule has 2 aliphatic rings. The number of nitrogens with one attached hydrogen (secondary N) is 2. The van der Waals surface area contributed by atoms with Crippen molar-refractivity contribution in [2.24, 2.45) is 0 Å². The Morgan fingerprint density at radius 3 is 2.50 bits per heavy atom. The van der Waals surface area contributed by atoms with E-state index in [1.165, 1.54) is 0 Å². The highest BCUT2D eigenvalue weighted by molar-refractivity contribution is 6.03. The third-order valence-corrected chi connectivity index (χ3v) is 2.71. The molecular weight excluding hydrogens is 208 g/mol. The fourth-order valence-electron chi connectivity index (χ4n) is 1.85. The van der Waals surface area contributed by atoms with E-state index in [1.807, 2.05) is 13.0 Å². The summed E-state index contributed by atoms with van der Waals surface area (Å²) in [4.78, 5) is 11.5. The van der Waals surface area contributed by atoms with Crippen molar-refractivity contribution in [3.8, 4) is 11.5 Å². The molecule has 2 N–H and O–H groups in total. The molecule has 0 aliphatic carbocycles. The average Bonchev–Trinajstić information content (AvgIpc) is 2.28. The molecule has 0 aromatic heterocycles. The van der Waals surface area contributed by atoms with Crippen molar-refractivity contribution in [2.75, 3.05) is 23.8 Å². The van der Waals surface area contributed by atoms with Crippen LogP contribution in [-0.4, -0.2) is 25.2 Å². The largest absolute Gasteiger partial charge is 0.486 e. The lowest BCUT2D eigenvalue weighted by Crippen LogP contribution is -2.36. The fraction of sp³-hybridized carbons (Fsp3) is 0.364. The van der Waals surface area contributed by atoms with E-state index in [4.69, 9.17) is 9.47 Å². The summed E-state index contributed by atoms with van der Waals surface area (Å²) in [6.45, 7) is 2.92. The van der Waals surface area contributed by atoms with Gasteiger partial charge in [-0.2, -0.15) is 0 Å². The normalized spacial score (nSPS) is 21.8. The van der Waals surface area contributed by atoms with E-state index in [0.717, 1.165) is 17.1 Å². The van der Waals surface area contributed by atoms with Crippen LogP contribution < -0.4 is 20.1 Å². The zero-order chi connectivity index (χ0) is 11.1. The van der Waals surface area contributed by atoms with Gasteiger partial charge in [0.25, 0.3) is 0 Å². The van der Waals surface area contributed by atoms with Gasteiger partial charge in [-0.1, -0.05) is 0 Å². The van der Waals surface area contributed by atoms with Crippen molar-refractivity contribution >= 4 is 17.3 Å². The fourth-order valence-corrected chi connectivity index (χ4v) is 1.85. The van der Waals surface area contributed by atoms with Gasteiger partial charge in [0.2, 0.25) is 5.91 Å². The van der Waals surface area contributed by atoms with Gasteiger partial charge in [-0.25, -0.2) is 0 Å². The molecule has 1 amide bonds. The highest BCUT2D eigenvalue weighted by Crippen LogP contribution is 2.39. The first-order valence-electron chi connectivity index (χ1n) is 5.25. The van der Waals surface area contributed by atoms with Gasteiger partial charge in [0.15, 0.2) is 11.5 Å². The molecule has 16 heavy (non-hydrogen) atoms. The van der Waals surface area contributed by atoms with Crippen LogP contribution in [0.5, 0.6) is 11.5 Å². The summed E-state index contributed by atoms with van der Waals surface area (Å²) >= 11 is 0. The zero-order valence-electron chi connectivity index (χ0n) is 8.87. The Morgan fingerprint density at radius 2 is 1.81 bits per heavy atom. The first-order chi connectivity index (χ1) is 7.74. The van der Waals surface area contributed by atoms with E-state index >= 15 is 0 Å². The quantitative estimate of drug-likeness (QED) is 0.690. The minimum Gasteiger partial charge on any atom is -0.486 e. The number of anilines is 2. The summed E-state index contributed by atoms with van der Waals surface area (Å²) in [5.41, 5.74) is 1.61. The van der Waals surface area contributed by atoms with Gasteiger partial charge in [-0.3, -0.25) is 4.79 Å². The van der Waals surface area contributed by atoms with Crippen LogP contribution in [0.25, 0.3) is 0 Å². The van der Waals surface area contributed by atoms with Crippen molar-refractivity contribution in [1.29, 1.82) is 0 Å². The molecule has 3 rings (SSSR count). The lowest BCUT2D eigenvalue weighted by atomic mass is 10.1. The van der Waals surface area contributed by atoms with Gasteiger partial charge >= 0.3 is 0 Å². The summed E-state index contributed by atoms with van der Waals surface area (Å²) in [5.74, 6) is 1.37. The first kappa shape index (κ1) is 9.33. The highest BCUT2D eigenvalue weighted by Gasteiger charge is 2.24. The Morgan fingerprint density at radius 1 is 1.19 bits per heavy atom. The van der Waals surface area contributed by atoms with Gasteiger partial charge in [0.05, 0.1) is 11.4 Å². The van der Waals surface area contributed by atoms with Crippen LogP contribution in [0.1, 0.15) is 6.92 Å². The molecule has 84 valence electrons. The Labute approximate surface area is 92.7 Å². The molecule has 0 saturated carbocycles. The zero-order valence-corrected chi connectivity index (χ0v) is 8.87. The first-order valence-corrected chi connectivity index (χ1v) is 5.25. The highest BCUT2D eigenvalue weighted by atomic mass is 16.6. The second kappa shape index (κ2) is 3.30. The summed E-state index contributed by atoms with van der Waals surface area (Å²) in [6.07, 6.45) is 0. The molecule has 1 unspecified atom stereocenters. The maximum absolute atomic E-state index is 11.5. The van der Waals surface area contributed by atoms with E-state index < -0.39 is 0 Å². The molecule has 2 heterocycles. The Bertz CT molecular complexity index is 459. The van der Waals surface area contributed by atoms with Crippen LogP contribution in [0.2, 0.25) is 0 Å². The van der Waals surface area contributed by atoms with Crippen LogP contribution in [0.3, 0.4) is 0 Å². The number of fused-ring (bicyclic) bond motifs is 2. The molecule has 0 radical (unpaired) electrons. The molecule has 0 saturated heterocycles. The molecule has 1 aromatic carbocycles. The van der Waals surface area contributed by atoms with Crippen molar-refractivity contribution < 1.29 is 14.3 Å². The van der Waals surface area contributed by atoms with Crippen LogP contribution >= 0.6 is 0 Å². The molecule has 5 heteroatoms. The minimum atomic E-state index is -0.227. The van der Waals surface area contributed by atoms with Crippen LogP contribution in [-0.2, 0) is 4.79 Å². The minimum absolute atomic E-state index is 0.0378. The number of carbonyl (C=O) groups is 1. The van der Waals surface area contributed by atoms with E-state index in [-0.39, 0.29) is 11.9 Å². The second-order valence-electron chi connectivity index (χ2n) is 3.90. The number of amides is 1. The van der Waals surface area contributed by atoms with Gasteiger partial charge in [0.1, 0.15) is 19.3 Å². The van der Waals surface area contributed by atoms with Crippen molar-refractivity contribution in [3.05, 3.63) is 12.1 Å². The maximum atomic E-state index is 11.5. The number of rotatable bonds is 0. The van der Waals surface area contributed by atoms with Crippen molar-refractivity contribution in [1.82, 2.24) is 0 Å². The monoisotopic (exact) mass is 220 g/mol. The Balaban J connectivity index is 2.04. The number of hydrogen-bond acceptors (Lipinski definition) is 4. The molecule has 0 fully saturated rings. The summed E-state index contributed by atoms with van der Waals surface area (Å²) < 4.78 is 10.9. The SMILES string of the molecule is CC1Nc2cc3c(cc2NC1=O)OCCO3. The van der Waals surface area contributed by atoms with E-state index in [0.29, 0.717) is 19.0 Å². The smallest absolute Gasteiger partial charge is 0.246 e. The molecule has 2 aliphatic heterocycles. The van der Waals surface area contributed by atoms with E-state index in [1.54, 1.807) is 6.07 Å².